The van der Waals surface area contributed by atoms with Gasteiger partial charge in [-0.25, -0.2) is 0 Å². The minimum absolute atomic E-state index is 0.0777. The van der Waals surface area contributed by atoms with Crippen LogP contribution in [0.3, 0.4) is 0 Å². The molecule has 26 heavy (non-hydrogen) atoms. The minimum atomic E-state index is -0.894. The lowest BCUT2D eigenvalue weighted by molar-refractivity contribution is -0.141. The van der Waals surface area contributed by atoms with Crippen molar-refractivity contribution in [3.8, 4) is 5.75 Å². The zero-order valence-corrected chi connectivity index (χ0v) is 15.1. The fourth-order valence-electron chi connectivity index (χ4n) is 3.44. The molecule has 0 saturated carbocycles. The van der Waals surface area contributed by atoms with E-state index in [-0.39, 0.29) is 12.3 Å². The van der Waals surface area contributed by atoms with Gasteiger partial charge in [0.2, 0.25) is 5.91 Å². The van der Waals surface area contributed by atoms with E-state index in [1.54, 1.807) is 4.90 Å². The summed E-state index contributed by atoms with van der Waals surface area (Å²) in [5.41, 5.74) is 1.09. The van der Waals surface area contributed by atoms with Crippen LogP contribution in [-0.2, 0) is 16.0 Å². The highest BCUT2D eigenvalue weighted by molar-refractivity contribution is 5.88. The fraction of sp³-hybridized carbons (Fsp3) is 0.429. The van der Waals surface area contributed by atoms with E-state index in [1.165, 1.54) is 0 Å². The van der Waals surface area contributed by atoms with E-state index in [0.29, 0.717) is 26.1 Å². The van der Waals surface area contributed by atoms with Crippen molar-refractivity contribution >= 4 is 22.6 Å². The lowest BCUT2D eigenvalue weighted by Crippen LogP contribution is -2.28. The molecule has 0 aromatic heterocycles. The molecule has 5 nitrogen and oxygen atoms in total. The molecule has 1 N–H and O–H groups in total. The van der Waals surface area contributed by atoms with E-state index in [0.717, 1.165) is 34.9 Å². The number of nitrogens with zero attached hydrogens (tertiary/aromatic N) is 1. The first-order chi connectivity index (χ1) is 12.6. The van der Waals surface area contributed by atoms with Crippen molar-refractivity contribution in [1.29, 1.82) is 0 Å². The molecule has 0 spiro atoms. The molecule has 138 valence electrons. The van der Waals surface area contributed by atoms with Crippen molar-refractivity contribution in [2.24, 2.45) is 5.92 Å². The Morgan fingerprint density at radius 1 is 1.27 bits per heavy atom. The third-order valence-corrected chi connectivity index (χ3v) is 4.95. The number of hydrogen-bond donors (Lipinski definition) is 1. The molecule has 0 aliphatic carbocycles. The van der Waals surface area contributed by atoms with Crippen molar-refractivity contribution in [2.75, 3.05) is 19.7 Å². The lowest BCUT2D eigenvalue weighted by atomic mass is 10.0. The van der Waals surface area contributed by atoms with Crippen LogP contribution in [0.5, 0.6) is 5.75 Å². The monoisotopic (exact) mass is 355 g/mol. The van der Waals surface area contributed by atoms with E-state index in [2.05, 4.69) is 25.1 Å². The molecule has 2 aromatic rings. The largest absolute Gasteiger partial charge is 0.493 e. The first-order valence-corrected chi connectivity index (χ1v) is 9.24. The summed E-state index contributed by atoms with van der Waals surface area (Å²) in [6, 6.07) is 12.2. The molecule has 1 heterocycles. The number of amides is 1. The van der Waals surface area contributed by atoms with Gasteiger partial charge >= 0.3 is 5.97 Å². The van der Waals surface area contributed by atoms with Gasteiger partial charge in [0.05, 0.1) is 12.5 Å². The number of likely N-dealkylation sites (tertiary alicyclic amines) is 1. The summed E-state index contributed by atoms with van der Waals surface area (Å²) in [6.07, 6.45) is 2.82. The van der Waals surface area contributed by atoms with Crippen LogP contribution in [-0.4, -0.2) is 41.6 Å². The Morgan fingerprint density at radius 2 is 2.08 bits per heavy atom. The maximum Gasteiger partial charge on any atom is 0.308 e. The van der Waals surface area contributed by atoms with Crippen LogP contribution in [0, 0.1) is 5.92 Å². The number of hydrogen-bond acceptors (Lipinski definition) is 3. The Bertz CT molecular complexity index is 802. The Morgan fingerprint density at radius 3 is 2.81 bits per heavy atom. The molecule has 1 atom stereocenters. The molecule has 2 aromatic carbocycles. The molecular weight excluding hydrogens is 330 g/mol. The number of ether oxygens (including phenoxy) is 1. The number of fused-ring (bicyclic) bond motifs is 1. The highest BCUT2D eigenvalue weighted by Crippen LogP contribution is 2.30. The summed E-state index contributed by atoms with van der Waals surface area (Å²) >= 11 is 0. The van der Waals surface area contributed by atoms with Gasteiger partial charge in [0.1, 0.15) is 5.75 Å². The fourth-order valence-corrected chi connectivity index (χ4v) is 3.44. The maximum atomic E-state index is 12.1. The van der Waals surface area contributed by atoms with Crippen LogP contribution in [0.15, 0.2) is 36.4 Å². The average Bonchev–Trinajstić information content (AvgIpc) is 3.02. The van der Waals surface area contributed by atoms with Crippen molar-refractivity contribution < 1.29 is 19.4 Å². The number of benzene rings is 2. The summed E-state index contributed by atoms with van der Waals surface area (Å²) in [5, 5.41) is 11.4. The summed E-state index contributed by atoms with van der Waals surface area (Å²) < 4.78 is 5.99. The third kappa shape index (κ3) is 3.98. The van der Waals surface area contributed by atoms with Gasteiger partial charge in [-0.15, -0.1) is 0 Å². The van der Waals surface area contributed by atoms with Gasteiger partial charge in [-0.2, -0.15) is 0 Å². The lowest BCUT2D eigenvalue weighted by Gasteiger charge is -2.19. The zero-order chi connectivity index (χ0) is 18.5. The Hall–Kier alpha value is -2.56. The number of rotatable bonds is 8. The number of aliphatic carboxylic acids is 1. The standard InChI is InChI=1S/C21H25NO4/c1-2-3-12-26-19-9-8-15-6-4-5-7-17(15)18(19)10-11-22-14-16(21(24)25)13-20(22)23/h4-9,16H,2-3,10-14H2,1H3,(H,24,25). The van der Waals surface area contributed by atoms with Gasteiger partial charge in [0.15, 0.2) is 0 Å². The summed E-state index contributed by atoms with van der Waals surface area (Å²) in [5.74, 6) is -0.699. The van der Waals surface area contributed by atoms with Gasteiger partial charge in [-0.05, 0) is 29.7 Å². The smallest absolute Gasteiger partial charge is 0.308 e. The Balaban J connectivity index is 1.79. The molecule has 0 bridgehead atoms. The topological polar surface area (TPSA) is 66.8 Å². The first kappa shape index (κ1) is 18.2. The second kappa shape index (κ2) is 8.21. The van der Waals surface area contributed by atoms with Crippen molar-refractivity contribution in [3.63, 3.8) is 0 Å². The van der Waals surface area contributed by atoms with Gasteiger partial charge in [0, 0.05) is 25.1 Å². The number of carboxylic acids is 1. The van der Waals surface area contributed by atoms with Crippen molar-refractivity contribution in [2.45, 2.75) is 32.6 Å². The molecular formula is C21H25NO4. The maximum absolute atomic E-state index is 12.1. The molecule has 1 aliphatic rings. The molecule has 0 radical (unpaired) electrons. The second-order valence-electron chi connectivity index (χ2n) is 6.79. The average molecular weight is 355 g/mol. The number of carbonyl (C=O) groups is 2. The van der Waals surface area contributed by atoms with Gasteiger partial charge in [0.25, 0.3) is 0 Å². The Labute approximate surface area is 153 Å². The van der Waals surface area contributed by atoms with E-state index in [9.17, 15) is 9.59 Å². The molecule has 5 heteroatoms. The molecule has 3 rings (SSSR count). The van der Waals surface area contributed by atoms with Crippen LogP contribution in [0.4, 0.5) is 0 Å². The summed E-state index contributed by atoms with van der Waals surface area (Å²) in [6.45, 7) is 3.61. The zero-order valence-electron chi connectivity index (χ0n) is 15.1. The van der Waals surface area contributed by atoms with E-state index >= 15 is 0 Å². The van der Waals surface area contributed by atoms with E-state index in [1.807, 2.05) is 18.2 Å². The molecule has 1 aliphatic heterocycles. The van der Waals surface area contributed by atoms with Gasteiger partial charge in [-0.1, -0.05) is 43.7 Å². The summed E-state index contributed by atoms with van der Waals surface area (Å²) in [4.78, 5) is 24.9. The third-order valence-electron chi connectivity index (χ3n) is 4.95. The molecule has 1 saturated heterocycles. The second-order valence-corrected chi connectivity index (χ2v) is 6.79. The van der Waals surface area contributed by atoms with Crippen LogP contribution < -0.4 is 4.74 Å². The highest BCUT2D eigenvalue weighted by Gasteiger charge is 2.34. The van der Waals surface area contributed by atoms with Crippen LogP contribution in [0.1, 0.15) is 31.7 Å². The number of unbranched alkanes of at least 4 members (excludes halogenated alkanes) is 1. The quantitative estimate of drug-likeness (QED) is 0.736. The number of carbonyl (C=O) groups excluding carboxylic acids is 1. The molecule has 1 amide bonds. The van der Waals surface area contributed by atoms with Crippen molar-refractivity contribution in [1.82, 2.24) is 4.90 Å². The molecule has 1 fully saturated rings. The predicted octanol–water partition coefficient (Wildman–Crippen LogP) is 3.49. The van der Waals surface area contributed by atoms with Crippen LogP contribution >= 0.6 is 0 Å². The first-order valence-electron chi connectivity index (χ1n) is 9.24. The Kier molecular flexibility index (Phi) is 5.76. The van der Waals surface area contributed by atoms with Crippen molar-refractivity contribution in [3.05, 3.63) is 42.0 Å². The van der Waals surface area contributed by atoms with Crippen LogP contribution in [0.25, 0.3) is 10.8 Å². The number of carboxylic acid groups (broad SMARTS) is 1. The molecule has 1 unspecified atom stereocenters. The van der Waals surface area contributed by atoms with Crippen LogP contribution in [0.2, 0.25) is 0 Å². The van der Waals surface area contributed by atoms with Gasteiger partial charge < -0.3 is 14.7 Å². The minimum Gasteiger partial charge on any atom is -0.493 e. The van der Waals surface area contributed by atoms with E-state index in [4.69, 9.17) is 9.84 Å². The SMILES string of the molecule is CCCCOc1ccc2ccccc2c1CCN1CC(C(=O)O)CC1=O. The highest BCUT2D eigenvalue weighted by atomic mass is 16.5. The van der Waals surface area contributed by atoms with E-state index < -0.39 is 11.9 Å². The predicted molar refractivity (Wildman–Crippen MR) is 100 cm³/mol. The summed E-state index contributed by atoms with van der Waals surface area (Å²) in [7, 11) is 0. The normalized spacial score (nSPS) is 17.0. The van der Waals surface area contributed by atoms with Gasteiger partial charge in [-0.3, -0.25) is 9.59 Å².